The monoisotopic (exact) mass is 319 g/mol. The Hall–Kier alpha value is -2.12. The predicted octanol–water partition coefficient (Wildman–Crippen LogP) is 0.874. The van der Waals surface area contributed by atoms with Crippen molar-refractivity contribution >= 4 is 5.91 Å². The predicted molar refractivity (Wildman–Crippen MR) is 81.8 cm³/mol. The largest absolute Gasteiger partial charge is 0.454 e. The highest BCUT2D eigenvalue weighted by Gasteiger charge is 2.31. The fourth-order valence-electron chi connectivity index (χ4n) is 2.83. The van der Waals surface area contributed by atoms with E-state index in [1.807, 2.05) is 12.3 Å². The number of rotatable bonds is 4. The molecule has 0 saturated carbocycles. The third-order valence-corrected chi connectivity index (χ3v) is 4.25. The van der Waals surface area contributed by atoms with E-state index >= 15 is 0 Å². The van der Waals surface area contributed by atoms with Gasteiger partial charge in [0.2, 0.25) is 0 Å². The minimum Gasteiger partial charge on any atom is -0.454 e. The van der Waals surface area contributed by atoms with Crippen molar-refractivity contribution in [3.05, 3.63) is 42.1 Å². The second-order valence-corrected chi connectivity index (χ2v) is 6.00. The number of carbonyl (C=O) groups is 1. The Morgan fingerprint density at radius 1 is 1.35 bits per heavy atom. The highest BCUT2D eigenvalue weighted by atomic mass is 16.4. The third-order valence-electron chi connectivity index (χ3n) is 4.25. The van der Waals surface area contributed by atoms with Crippen molar-refractivity contribution in [3.63, 3.8) is 0 Å². The molecule has 1 fully saturated rings. The molecular formula is C16H21N3O4. The van der Waals surface area contributed by atoms with Crippen LogP contribution in [0.4, 0.5) is 0 Å². The first-order valence-corrected chi connectivity index (χ1v) is 7.78. The number of furan rings is 1. The van der Waals surface area contributed by atoms with E-state index in [2.05, 4.69) is 5.10 Å². The molecule has 2 N–H and O–H groups in total. The third kappa shape index (κ3) is 3.62. The van der Waals surface area contributed by atoms with Gasteiger partial charge in [0, 0.05) is 25.5 Å². The zero-order valence-corrected chi connectivity index (χ0v) is 12.9. The van der Waals surface area contributed by atoms with Gasteiger partial charge in [-0.2, -0.15) is 5.10 Å². The molecule has 3 heterocycles. The van der Waals surface area contributed by atoms with Crippen molar-refractivity contribution in [2.75, 3.05) is 19.7 Å². The van der Waals surface area contributed by atoms with Crippen LogP contribution in [0, 0.1) is 0 Å². The lowest BCUT2D eigenvalue weighted by molar-refractivity contribution is -0.0251. The van der Waals surface area contributed by atoms with Crippen LogP contribution in [0.3, 0.4) is 0 Å². The van der Waals surface area contributed by atoms with Crippen LogP contribution in [0.2, 0.25) is 0 Å². The Morgan fingerprint density at radius 3 is 2.96 bits per heavy atom. The molecule has 23 heavy (non-hydrogen) atoms. The van der Waals surface area contributed by atoms with E-state index in [4.69, 9.17) is 4.42 Å². The van der Waals surface area contributed by atoms with Crippen LogP contribution < -0.4 is 0 Å². The molecule has 0 radical (unpaired) electrons. The highest BCUT2D eigenvalue weighted by molar-refractivity contribution is 5.91. The number of hydrogen-bond donors (Lipinski definition) is 2. The van der Waals surface area contributed by atoms with Crippen LogP contribution in [0.15, 0.2) is 35.0 Å². The van der Waals surface area contributed by atoms with Crippen molar-refractivity contribution in [3.8, 4) is 0 Å². The minimum absolute atomic E-state index is 0.182. The molecule has 1 aliphatic rings. The topological polar surface area (TPSA) is 91.7 Å². The summed E-state index contributed by atoms with van der Waals surface area (Å²) in [6.07, 6.45) is 5.04. The summed E-state index contributed by atoms with van der Waals surface area (Å²) in [7, 11) is 0. The second-order valence-electron chi connectivity index (χ2n) is 6.00. The molecule has 1 unspecified atom stereocenters. The van der Waals surface area contributed by atoms with E-state index in [-0.39, 0.29) is 12.5 Å². The molecule has 0 spiro atoms. The zero-order chi connectivity index (χ0) is 16.3. The molecule has 2 aromatic rings. The molecule has 3 rings (SSSR count). The molecular weight excluding hydrogens is 298 g/mol. The summed E-state index contributed by atoms with van der Waals surface area (Å²) in [5, 5.41) is 23.5. The van der Waals surface area contributed by atoms with Gasteiger partial charge in [0.25, 0.3) is 5.91 Å². The lowest BCUT2D eigenvalue weighted by Gasteiger charge is -2.24. The highest BCUT2D eigenvalue weighted by Crippen LogP contribution is 2.23. The molecule has 2 aromatic heterocycles. The number of carbonyl (C=O) groups excluding carboxylic acids is 1. The van der Waals surface area contributed by atoms with Gasteiger partial charge in [-0.15, -0.1) is 0 Å². The smallest absolute Gasteiger partial charge is 0.289 e. The number of aromatic nitrogens is 2. The zero-order valence-electron chi connectivity index (χ0n) is 12.9. The summed E-state index contributed by atoms with van der Waals surface area (Å²) in [5.74, 6) is 0.777. The number of aliphatic hydroxyl groups is 2. The molecule has 1 amide bonds. The summed E-state index contributed by atoms with van der Waals surface area (Å²) in [4.78, 5) is 14.2. The number of hydrogen-bond acceptors (Lipinski definition) is 5. The molecule has 1 aliphatic heterocycles. The van der Waals surface area contributed by atoms with E-state index < -0.39 is 5.60 Å². The number of amides is 1. The van der Waals surface area contributed by atoms with Crippen molar-refractivity contribution in [1.82, 2.24) is 14.7 Å². The van der Waals surface area contributed by atoms with Crippen LogP contribution in [0.1, 0.15) is 35.6 Å². The fourth-order valence-corrected chi connectivity index (χ4v) is 2.83. The van der Waals surface area contributed by atoms with Gasteiger partial charge in [-0.05, 0) is 37.5 Å². The van der Waals surface area contributed by atoms with Gasteiger partial charge in [-0.3, -0.25) is 9.48 Å². The van der Waals surface area contributed by atoms with Crippen molar-refractivity contribution in [2.45, 2.75) is 31.4 Å². The lowest BCUT2D eigenvalue weighted by atomic mass is 9.96. The molecule has 7 nitrogen and oxygen atoms in total. The molecule has 1 saturated heterocycles. The van der Waals surface area contributed by atoms with Gasteiger partial charge in [0.15, 0.2) is 5.76 Å². The SMILES string of the molecule is O=C(c1ccc(Cn2cccn2)o1)N1CCCC(O)(CO)CC1. The number of aliphatic hydroxyl groups excluding tert-OH is 1. The summed E-state index contributed by atoms with van der Waals surface area (Å²) in [5.41, 5.74) is -1.08. The number of nitrogens with zero attached hydrogens (tertiary/aromatic N) is 3. The Morgan fingerprint density at radius 2 is 2.22 bits per heavy atom. The van der Waals surface area contributed by atoms with Gasteiger partial charge >= 0.3 is 0 Å². The quantitative estimate of drug-likeness (QED) is 0.872. The van der Waals surface area contributed by atoms with Gasteiger partial charge in [0.05, 0.1) is 18.8 Å². The maximum atomic E-state index is 12.5. The van der Waals surface area contributed by atoms with E-state index in [9.17, 15) is 15.0 Å². The van der Waals surface area contributed by atoms with Crippen LogP contribution in [-0.4, -0.2) is 56.1 Å². The molecule has 124 valence electrons. The normalized spacial score (nSPS) is 22.1. The maximum Gasteiger partial charge on any atom is 0.289 e. The Kier molecular flexibility index (Phi) is 4.49. The fraction of sp³-hybridized carbons (Fsp3) is 0.500. The summed E-state index contributed by atoms with van der Waals surface area (Å²) >= 11 is 0. The minimum atomic E-state index is -1.08. The van der Waals surface area contributed by atoms with Gasteiger partial charge in [-0.1, -0.05) is 0 Å². The van der Waals surface area contributed by atoms with Crippen molar-refractivity contribution < 1.29 is 19.4 Å². The molecule has 0 aliphatic carbocycles. The first-order chi connectivity index (χ1) is 11.1. The molecule has 0 aromatic carbocycles. The van der Waals surface area contributed by atoms with E-state index in [1.54, 1.807) is 27.9 Å². The van der Waals surface area contributed by atoms with Gasteiger partial charge in [-0.25, -0.2) is 0 Å². The van der Waals surface area contributed by atoms with Crippen molar-refractivity contribution in [2.24, 2.45) is 0 Å². The summed E-state index contributed by atoms with van der Waals surface area (Å²) in [6, 6.07) is 5.27. The summed E-state index contributed by atoms with van der Waals surface area (Å²) < 4.78 is 7.35. The van der Waals surface area contributed by atoms with Crippen LogP contribution >= 0.6 is 0 Å². The lowest BCUT2D eigenvalue weighted by Crippen LogP contribution is -2.36. The van der Waals surface area contributed by atoms with Crippen LogP contribution in [0.25, 0.3) is 0 Å². The molecule has 0 bridgehead atoms. The maximum absolute atomic E-state index is 12.5. The number of likely N-dealkylation sites (tertiary alicyclic amines) is 1. The Balaban J connectivity index is 1.65. The van der Waals surface area contributed by atoms with E-state index in [0.29, 0.717) is 50.4 Å². The Bertz CT molecular complexity index is 652. The van der Waals surface area contributed by atoms with Crippen molar-refractivity contribution in [1.29, 1.82) is 0 Å². The Labute approximate surface area is 134 Å². The average Bonchev–Trinajstić information content (AvgIpc) is 3.18. The molecule has 7 heteroatoms. The van der Waals surface area contributed by atoms with Gasteiger partial charge in [0.1, 0.15) is 5.76 Å². The first kappa shape index (κ1) is 15.8. The van der Waals surface area contributed by atoms with E-state index in [0.717, 1.165) is 0 Å². The standard InChI is InChI=1S/C16H21N3O4/c20-12-16(22)5-1-8-18(10-6-16)15(21)14-4-3-13(23-14)11-19-9-2-7-17-19/h2-4,7,9,20,22H,1,5-6,8,10-12H2. The van der Waals surface area contributed by atoms with Crippen LogP contribution in [-0.2, 0) is 6.54 Å². The van der Waals surface area contributed by atoms with Gasteiger partial charge < -0.3 is 19.5 Å². The average molecular weight is 319 g/mol. The van der Waals surface area contributed by atoms with Crippen LogP contribution in [0.5, 0.6) is 0 Å². The molecule has 1 atom stereocenters. The first-order valence-electron chi connectivity index (χ1n) is 7.78. The summed E-state index contributed by atoms with van der Waals surface area (Å²) in [6.45, 7) is 1.16. The second kappa shape index (κ2) is 6.55. The van der Waals surface area contributed by atoms with E-state index in [1.165, 1.54) is 0 Å².